The lowest BCUT2D eigenvalue weighted by atomic mass is 10.00. The van der Waals surface area contributed by atoms with Crippen LogP contribution in [0.25, 0.3) is 0 Å². The van der Waals surface area contributed by atoms with Gasteiger partial charge in [0.05, 0.1) is 0 Å². The molecule has 2 nitrogen and oxygen atoms in total. The van der Waals surface area contributed by atoms with Gasteiger partial charge in [-0.2, -0.15) is 0 Å². The van der Waals surface area contributed by atoms with Crippen molar-refractivity contribution in [3.8, 4) is 0 Å². The highest BCUT2D eigenvalue weighted by molar-refractivity contribution is 4.63. The third-order valence-electron chi connectivity index (χ3n) is 4.76. The van der Waals surface area contributed by atoms with Gasteiger partial charge in [-0.15, -0.1) is 0 Å². The fourth-order valence-corrected chi connectivity index (χ4v) is 3.12. The Kier molecular flexibility index (Phi) is 17.2. The van der Waals surface area contributed by atoms with Gasteiger partial charge in [0.2, 0.25) is 0 Å². The second-order valence-electron chi connectivity index (χ2n) is 7.21. The normalized spacial score (nSPS) is 14.2. The molecule has 0 aromatic heterocycles. The summed E-state index contributed by atoms with van der Waals surface area (Å²) in [5.41, 5.74) is 12.3. The molecule has 2 heteroatoms. The van der Waals surface area contributed by atoms with Crippen LogP contribution < -0.4 is 11.5 Å². The zero-order valence-corrected chi connectivity index (χ0v) is 15.6. The van der Waals surface area contributed by atoms with E-state index in [-0.39, 0.29) is 0 Å². The molecule has 0 saturated heterocycles. The molecule has 0 aliphatic heterocycles. The first-order valence-electron chi connectivity index (χ1n) is 10.2. The summed E-state index contributed by atoms with van der Waals surface area (Å²) in [4.78, 5) is 0. The smallest absolute Gasteiger partial charge is 0.00388 e. The average molecular weight is 313 g/mol. The Morgan fingerprint density at radius 1 is 0.455 bits per heavy atom. The maximum Gasteiger partial charge on any atom is 0.00388 e. The lowest BCUT2D eigenvalue weighted by Gasteiger charge is -2.11. The molecule has 0 aromatic rings. The maximum atomic E-state index is 6.15. The Bertz CT molecular complexity index is 184. The van der Waals surface area contributed by atoms with Gasteiger partial charge in [0.1, 0.15) is 0 Å². The molecule has 0 rings (SSSR count). The van der Waals surface area contributed by atoms with Crippen molar-refractivity contribution in [1.82, 2.24) is 0 Å². The van der Waals surface area contributed by atoms with Crippen molar-refractivity contribution in [2.24, 2.45) is 11.5 Å². The summed E-state index contributed by atoms with van der Waals surface area (Å²) in [5.74, 6) is 0. The lowest BCUT2D eigenvalue weighted by Crippen LogP contribution is -2.19. The van der Waals surface area contributed by atoms with Gasteiger partial charge in [-0.25, -0.2) is 0 Å². The van der Waals surface area contributed by atoms with Gasteiger partial charge in [0.25, 0.3) is 0 Å². The summed E-state index contributed by atoms with van der Waals surface area (Å²) in [5, 5.41) is 0. The highest BCUT2D eigenvalue weighted by Crippen LogP contribution is 2.13. The minimum atomic E-state index is 0.452. The topological polar surface area (TPSA) is 52.0 Å². The average Bonchev–Trinajstić information content (AvgIpc) is 2.50. The van der Waals surface area contributed by atoms with Gasteiger partial charge >= 0.3 is 0 Å². The van der Waals surface area contributed by atoms with E-state index in [2.05, 4.69) is 13.8 Å². The molecule has 0 heterocycles. The molecular weight excluding hydrogens is 268 g/mol. The Morgan fingerprint density at radius 3 is 1.05 bits per heavy atom. The molecular formula is C20H44N2. The van der Waals surface area contributed by atoms with Crippen LogP contribution >= 0.6 is 0 Å². The number of nitrogens with two attached hydrogens (primary N) is 2. The van der Waals surface area contributed by atoms with Crippen molar-refractivity contribution in [3.63, 3.8) is 0 Å². The molecule has 4 N–H and O–H groups in total. The summed E-state index contributed by atoms with van der Waals surface area (Å²) < 4.78 is 0. The van der Waals surface area contributed by atoms with Crippen LogP contribution in [0, 0.1) is 0 Å². The van der Waals surface area contributed by atoms with E-state index >= 15 is 0 Å². The van der Waals surface area contributed by atoms with Crippen LogP contribution in [0.5, 0.6) is 0 Å². The predicted octanol–water partition coefficient (Wildman–Crippen LogP) is 5.92. The summed E-state index contributed by atoms with van der Waals surface area (Å²) in [6.07, 6.45) is 21.0. The fraction of sp³-hybridized carbons (Fsp3) is 1.00. The third kappa shape index (κ3) is 16.3. The molecule has 22 heavy (non-hydrogen) atoms. The van der Waals surface area contributed by atoms with E-state index in [1.807, 2.05) is 0 Å². The number of rotatable bonds is 17. The van der Waals surface area contributed by atoms with Gasteiger partial charge < -0.3 is 11.5 Å². The lowest BCUT2D eigenvalue weighted by molar-refractivity contribution is 0.475. The summed E-state index contributed by atoms with van der Waals surface area (Å²) >= 11 is 0. The van der Waals surface area contributed by atoms with Crippen LogP contribution in [-0.2, 0) is 0 Å². The van der Waals surface area contributed by atoms with E-state index in [4.69, 9.17) is 11.5 Å². The third-order valence-corrected chi connectivity index (χ3v) is 4.76. The highest BCUT2D eigenvalue weighted by atomic mass is 14.6. The summed E-state index contributed by atoms with van der Waals surface area (Å²) in [6, 6.07) is 0.903. The summed E-state index contributed by atoms with van der Waals surface area (Å²) in [6.45, 7) is 4.51. The van der Waals surface area contributed by atoms with Gasteiger partial charge in [0, 0.05) is 12.1 Å². The van der Waals surface area contributed by atoms with E-state index < -0.39 is 0 Å². The zero-order chi connectivity index (χ0) is 16.5. The molecule has 0 aliphatic carbocycles. The monoisotopic (exact) mass is 312 g/mol. The Balaban J connectivity index is 3.19. The quantitative estimate of drug-likeness (QED) is 0.327. The minimum absolute atomic E-state index is 0.452. The van der Waals surface area contributed by atoms with Gasteiger partial charge in [-0.3, -0.25) is 0 Å². The SMILES string of the molecule is CCCCCC(N)CCCCCCCCC(N)CCCCC. The molecule has 2 atom stereocenters. The van der Waals surface area contributed by atoms with E-state index in [0.29, 0.717) is 12.1 Å². The molecule has 0 amide bonds. The standard InChI is InChI=1S/C20H44N2/c1-3-5-11-15-19(21)17-13-9-7-8-10-14-18-20(22)16-12-6-4-2/h19-20H,3-18,21-22H2,1-2H3. The van der Waals surface area contributed by atoms with Crippen LogP contribution in [0.4, 0.5) is 0 Å². The molecule has 0 radical (unpaired) electrons. The maximum absolute atomic E-state index is 6.15. The largest absolute Gasteiger partial charge is 0.328 e. The van der Waals surface area contributed by atoms with Gasteiger partial charge in [-0.1, -0.05) is 90.9 Å². The van der Waals surface area contributed by atoms with Crippen LogP contribution in [0.2, 0.25) is 0 Å². The molecule has 134 valence electrons. The van der Waals surface area contributed by atoms with Crippen LogP contribution in [0.15, 0.2) is 0 Å². The van der Waals surface area contributed by atoms with E-state index in [1.165, 1.54) is 103 Å². The molecule has 0 saturated carbocycles. The van der Waals surface area contributed by atoms with Crippen molar-refractivity contribution in [3.05, 3.63) is 0 Å². The van der Waals surface area contributed by atoms with Crippen molar-refractivity contribution in [2.45, 2.75) is 129 Å². The molecule has 0 spiro atoms. The first-order valence-corrected chi connectivity index (χ1v) is 10.2. The Morgan fingerprint density at radius 2 is 0.727 bits per heavy atom. The minimum Gasteiger partial charge on any atom is -0.328 e. The summed E-state index contributed by atoms with van der Waals surface area (Å²) in [7, 11) is 0. The molecule has 0 bridgehead atoms. The van der Waals surface area contributed by atoms with Crippen LogP contribution in [-0.4, -0.2) is 12.1 Å². The highest BCUT2D eigenvalue weighted by Gasteiger charge is 2.03. The molecule has 0 fully saturated rings. The van der Waals surface area contributed by atoms with Crippen LogP contribution in [0.1, 0.15) is 117 Å². The first-order chi connectivity index (χ1) is 10.7. The molecule has 0 aromatic carbocycles. The second-order valence-corrected chi connectivity index (χ2v) is 7.21. The van der Waals surface area contributed by atoms with Gasteiger partial charge in [0.15, 0.2) is 0 Å². The van der Waals surface area contributed by atoms with Gasteiger partial charge in [-0.05, 0) is 25.7 Å². The van der Waals surface area contributed by atoms with Crippen molar-refractivity contribution < 1.29 is 0 Å². The molecule has 2 unspecified atom stereocenters. The number of hydrogen-bond acceptors (Lipinski definition) is 2. The van der Waals surface area contributed by atoms with E-state index in [9.17, 15) is 0 Å². The van der Waals surface area contributed by atoms with Crippen molar-refractivity contribution in [2.75, 3.05) is 0 Å². The zero-order valence-electron chi connectivity index (χ0n) is 15.6. The van der Waals surface area contributed by atoms with Crippen LogP contribution in [0.3, 0.4) is 0 Å². The van der Waals surface area contributed by atoms with E-state index in [1.54, 1.807) is 0 Å². The Labute approximate surface area is 140 Å². The number of hydrogen-bond donors (Lipinski definition) is 2. The first kappa shape index (κ1) is 21.9. The van der Waals surface area contributed by atoms with Crippen molar-refractivity contribution >= 4 is 0 Å². The second kappa shape index (κ2) is 17.3. The Hall–Kier alpha value is -0.0800. The predicted molar refractivity (Wildman–Crippen MR) is 101 cm³/mol. The van der Waals surface area contributed by atoms with Crippen molar-refractivity contribution in [1.29, 1.82) is 0 Å². The fourth-order valence-electron chi connectivity index (χ4n) is 3.12. The van der Waals surface area contributed by atoms with E-state index in [0.717, 1.165) is 0 Å². The molecule has 0 aliphatic rings. The number of unbranched alkanes of at least 4 members (excludes halogenated alkanes) is 9.